The molecule has 8 heteroatoms. The van der Waals surface area contributed by atoms with Gasteiger partial charge in [0.05, 0.1) is 24.2 Å². The van der Waals surface area contributed by atoms with Gasteiger partial charge in [-0.25, -0.2) is 9.78 Å². The van der Waals surface area contributed by atoms with Crippen molar-refractivity contribution >= 4 is 40.5 Å². The highest BCUT2D eigenvalue weighted by Crippen LogP contribution is 2.30. The summed E-state index contributed by atoms with van der Waals surface area (Å²) >= 11 is 7.64. The van der Waals surface area contributed by atoms with Crippen LogP contribution in [0.2, 0.25) is 5.02 Å². The van der Waals surface area contributed by atoms with E-state index in [0.29, 0.717) is 22.2 Å². The van der Waals surface area contributed by atoms with Crippen molar-refractivity contribution < 1.29 is 19.1 Å². The number of anilines is 1. The molecule has 0 radical (unpaired) electrons. The molecule has 1 heterocycles. The lowest BCUT2D eigenvalue weighted by Gasteiger charge is -2.07. The second-order valence-corrected chi connectivity index (χ2v) is 7.00. The standard InChI is InChI=1S/C20H17ClN2O4S/c1-26-19(25)11-27-15-8-6-13(7-9-15)22-18(24)10-14-12-28-20(23-14)16-4-2-3-5-17(16)21/h2-9,12H,10-11H2,1H3,(H,22,24). The number of carbonyl (C=O) groups excluding carboxylic acids is 2. The lowest BCUT2D eigenvalue weighted by Crippen LogP contribution is -2.15. The van der Waals surface area contributed by atoms with Crippen LogP contribution in [0, 0.1) is 0 Å². The van der Waals surface area contributed by atoms with Crippen LogP contribution in [0.1, 0.15) is 5.69 Å². The van der Waals surface area contributed by atoms with E-state index in [4.69, 9.17) is 16.3 Å². The first-order chi connectivity index (χ1) is 13.5. The number of ether oxygens (including phenoxy) is 2. The van der Waals surface area contributed by atoms with Gasteiger partial charge in [-0.05, 0) is 30.3 Å². The first-order valence-corrected chi connectivity index (χ1v) is 9.60. The van der Waals surface area contributed by atoms with Crippen molar-refractivity contribution in [3.05, 3.63) is 64.6 Å². The lowest BCUT2D eigenvalue weighted by atomic mass is 10.2. The van der Waals surface area contributed by atoms with Crippen molar-refractivity contribution in [2.45, 2.75) is 6.42 Å². The van der Waals surface area contributed by atoms with Crippen molar-refractivity contribution in [2.24, 2.45) is 0 Å². The first kappa shape index (κ1) is 19.9. The van der Waals surface area contributed by atoms with Gasteiger partial charge in [0.15, 0.2) is 6.61 Å². The third-order valence-corrected chi connectivity index (χ3v) is 4.97. The molecule has 0 bridgehead atoms. The Bertz CT molecular complexity index is 972. The largest absolute Gasteiger partial charge is 0.482 e. The van der Waals surface area contributed by atoms with Crippen LogP contribution >= 0.6 is 22.9 Å². The number of aromatic nitrogens is 1. The maximum absolute atomic E-state index is 12.3. The molecule has 0 unspecified atom stereocenters. The molecule has 144 valence electrons. The summed E-state index contributed by atoms with van der Waals surface area (Å²) in [4.78, 5) is 27.8. The van der Waals surface area contributed by atoms with Crippen LogP contribution in [-0.4, -0.2) is 30.6 Å². The van der Waals surface area contributed by atoms with Crippen LogP contribution in [0.3, 0.4) is 0 Å². The van der Waals surface area contributed by atoms with Crippen LogP contribution < -0.4 is 10.1 Å². The Morgan fingerprint density at radius 3 is 2.61 bits per heavy atom. The van der Waals surface area contributed by atoms with E-state index in [1.807, 2.05) is 29.6 Å². The molecule has 0 aliphatic rings. The lowest BCUT2D eigenvalue weighted by molar-refractivity contribution is -0.142. The van der Waals surface area contributed by atoms with Crippen molar-refractivity contribution in [2.75, 3.05) is 19.0 Å². The molecule has 0 atom stereocenters. The molecule has 0 saturated heterocycles. The SMILES string of the molecule is COC(=O)COc1ccc(NC(=O)Cc2csc(-c3ccccc3Cl)n2)cc1. The van der Waals surface area contributed by atoms with Crippen LogP contribution in [0.25, 0.3) is 10.6 Å². The summed E-state index contributed by atoms with van der Waals surface area (Å²) in [6.07, 6.45) is 0.154. The number of nitrogens with one attached hydrogen (secondary N) is 1. The summed E-state index contributed by atoms with van der Waals surface area (Å²) < 4.78 is 9.77. The van der Waals surface area contributed by atoms with Crippen molar-refractivity contribution in [1.82, 2.24) is 4.98 Å². The molecule has 1 aromatic heterocycles. The third-order valence-electron chi connectivity index (χ3n) is 3.72. The molecule has 28 heavy (non-hydrogen) atoms. The van der Waals surface area contributed by atoms with Gasteiger partial charge in [0.25, 0.3) is 0 Å². The number of nitrogens with zero attached hydrogens (tertiary/aromatic N) is 1. The maximum atomic E-state index is 12.3. The highest BCUT2D eigenvalue weighted by Gasteiger charge is 2.11. The van der Waals surface area contributed by atoms with E-state index in [1.165, 1.54) is 18.4 Å². The first-order valence-electron chi connectivity index (χ1n) is 8.34. The second kappa shape index (κ2) is 9.34. The molecule has 0 aliphatic heterocycles. The third kappa shape index (κ3) is 5.31. The van der Waals surface area contributed by atoms with Gasteiger partial charge in [0, 0.05) is 16.6 Å². The number of thiazole rings is 1. The fraction of sp³-hybridized carbons (Fsp3) is 0.150. The molecule has 0 aliphatic carbocycles. The number of benzene rings is 2. The van der Waals surface area contributed by atoms with Gasteiger partial charge in [0.1, 0.15) is 10.8 Å². The zero-order valence-electron chi connectivity index (χ0n) is 15.0. The van der Waals surface area contributed by atoms with Crippen LogP contribution in [0.4, 0.5) is 5.69 Å². The van der Waals surface area contributed by atoms with E-state index in [2.05, 4.69) is 15.0 Å². The van der Waals surface area contributed by atoms with Crippen LogP contribution in [-0.2, 0) is 20.7 Å². The van der Waals surface area contributed by atoms with E-state index in [-0.39, 0.29) is 18.9 Å². The average Bonchev–Trinajstić information content (AvgIpc) is 3.15. The van der Waals surface area contributed by atoms with E-state index in [9.17, 15) is 9.59 Å². The quantitative estimate of drug-likeness (QED) is 0.584. The number of carbonyl (C=O) groups is 2. The molecule has 0 spiro atoms. The minimum Gasteiger partial charge on any atom is -0.482 e. The molecule has 0 fully saturated rings. The average molecular weight is 417 g/mol. The topological polar surface area (TPSA) is 77.5 Å². The van der Waals surface area contributed by atoms with E-state index in [1.54, 1.807) is 24.3 Å². The minimum absolute atomic E-state index is 0.154. The molecular formula is C20H17ClN2O4S. The molecule has 3 rings (SSSR count). The summed E-state index contributed by atoms with van der Waals surface area (Å²) in [6.45, 7) is -0.167. The Hall–Kier alpha value is -2.90. The number of halogens is 1. The Morgan fingerprint density at radius 2 is 1.89 bits per heavy atom. The molecule has 6 nitrogen and oxygen atoms in total. The van der Waals surface area contributed by atoms with Gasteiger partial charge in [-0.3, -0.25) is 4.79 Å². The summed E-state index contributed by atoms with van der Waals surface area (Å²) in [5.41, 5.74) is 2.15. The number of hydrogen-bond donors (Lipinski definition) is 1. The summed E-state index contributed by atoms with van der Waals surface area (Å²) in [6, 6.07) is 14.2. The van der Waals surface area contributed by atoms with Crippen molar-refractivity contribution in [1.29, 1.82) is 0 Å². The van der Waals surface area contributed by atoms with Crippen molar-refractivity contribution in [3.8, 4) is 16.3 Å². The smallest absolute Gasteiger partial charge is 0.343 e. The zero-order chi connectivity index (χ0) is 19.9. The Balaban J connectivity index is 1.56. The van der Waals surface area contributed by atoms with Gasteiger partial charge in [-0.1, -0.05) is 29.8 Å². The number of esters is 1. The van der Waals surface area contributed by atoms with Gasteiger partial charge in [-0.15, -0.1) is 11.3 Å². The molecule has 1 N–H and O–H groups in total. The molecular weight excluding hydrogens is 400 g/mol. The Morgan fingerprint density at radius 1 is 1.14 bits per heavy atom. The monoisotopic (exact) mass is 416 g/mol. The number of rotatable bonds is 7. The van der Waals surface area contributed by atoms with Crippen LogP contribution in [0.15, 0.2) is 53.9 Å². The minimum atomic E-state index is -0.461. The maximum Gasteiger partial charge on any atom is 0.343 e. The zero-order valence-corrected chi connectivity index (χ0v) is 16.5. The molecule has 2 aromatic carbocycles. The van der Waals surface area contributed by atoms with E-state index >= 15 is 0 Å². The fourth-order valence-electron chi connectivity index (χ4n) is 2.35. The highest BCUT2D eigenvalue weighted by molar-refractivity contribution is 7.13. The van der Waals surface area contributed by atoms with Gasteiger partial charge >= 0.3 is 5.97 Å². The Labute approximate surface area is 171 Å². The predicted octanol–water partition coefficient (Wildman–Crippen LogP) is 4.20. The molecule has 1 amide bonds. The number of amides is 1. The number of methoxy groups -OCH3 is 1. The predicted molar refractivity (Wildman–Crippen MR) is 109 cm³/mol. The molecule has 0 saturated carbocycles. The summed E-state index contributed by atoms with van der Waals surface area (Å²) in [7, 11) is 1.30. The fourth-order valence-corrected chi connectivity index (χ4v) is 3.49. The van der Waals surface area contributed by atoms with Gasteiger partial charge < -0.3 is 14.8 Å². The second-order valence-electron chi connectivity index (χ2n) is 5.74. The van der Waals surface area contributed by atoms with Crippen LogP contribution in [0.5, 0.6) is 5.75 Å². The molecule has 3 aromatic rings. The Kier molecular flexibility index (Phi) is 6.62. The van der Waals surface area contributed by atoms with E-state index in [0.717, 1.165) is 10.6 Å². The normalized spacial score (nSPS) is 10.4. The van der Waals surface area contributed by atoms with Gasteiger partial charge in [-0.2, -0.15) is 0 Å². The summed E-state index contributed by atoms with van der Waals surface area (Å²) in [5.74, 6) is -0.136. The van der Waals surface area contributed by atoms with Crippen molar-refractivity contribution in [3.63, 3.8) is 0 Å². The summed E-state index contributed by atoms with van der Waals surface area (Å²) in [5, 5.41) is 6.06. The number of hydrogen-bond acceptors (Lipinski definition) is 6. The van der Waals surface area contributed by atoms with Gasteiger partial charge in [0.2, 0.25) is 5.91 Å². The highest BCUT2D eigenvalue weighted by atomic mass is 35.5. The van der Waals surface area contributed by atoms with E-state index < -0.39 is 5.97 Å².